The number of azide groups is 1. The van der Waals surface area contributed by atoms with Crippen LogP contribution in [-0.4, -0.2) is 35.4 Å². The van der Waals surface area contributed by atoms with Crippen molar-refractivity contribution in [2.24, 2.45) is 5.11 Å². The lowest BCUT2D eigenvalue weighted by atomic mass is 10.1. The smallest absolute Gasteiger partial charge is 0.419 e. The highest BCUT2D eigenvalue weighted by atomic mass is 16.6. The number of esters is 1. The van der Waals surface area contributed by atoms with Crippen LogP contribution in [0.25, 0.3) is 21.3 Å². The maximum absolute atomic E-state index is 12.5. The largest absolute Gasteiger partial charge is 0.469 e. The molecule has 0 amide bonds. The Morgan fingerprint density at radius 2 is 2.00 bits per heavy atom. The summed E-state index contributed by atoms with van der Waals surface area (Å²) in [6.07, 6.45) is 1.20. The molecule has 0 saturated carbocycles. The topological polar surface area (TPSA) is 106 Å². The van der Waals surface area contributed by atoms with Gasteiger partial charge in [0.25, 0.3) is 0 Å². The van der Waals surface area contributed by atoms with Crippen molar-refractivity contribution in [1.82, 2.24) is 4.57 Å². The highest BCUT2D eigenvalue weighted by Gasteiger charge is 2.24. The van der Waals surface area contributed by atoms with Crippen molar-refractivity contribution in [3.05, 3.63) is 46.5 Å². The van der Waals surface area contributed by atoms with Crippen LogP contribution in [0.3, 0.4) is 0 Å². The Bertz CT molecular complexity index is 844. The summed E-state index contributed by atoms with van der Waals surface area (Å²) < 4.78 is 11.5. The summed E-state index contributed by atoms with van der Waals surface area (Å²) in [5.41, 5.74) is 9.36. The zero-order valence-electron chi connectivity index (χ0n) is 14.6. The number of nitrogens with zero attached hydrogens (tertiary/aromatic N) is 4. The van der Waals surface area contributed by atoms with E-state index in [4.69, 9.17) is 10.3 Å². The van der Waals surface area contributed by atoms with Crippen LogP contribution >= 0.6 is 0 Å². The summed E-state index contributed by atoms with van der Waals surface area (Å²) in [5, 5.41) is 4.26. The summed E-state index contributed by atoms with van der Waals surface area (Å²) in [6.45, 7) is 5.35. The van der Waals surface area contributed by atoms with Gasteiger partial charge in [0.05, 0.1) is 12.6 Å². The average Bonchev–Trinajstić information content (AvgIpc) is 2.91. The van der Waals surface area contributed by atoms with Crippen LogP contribution in [0.5, 0.6) is 0 Å². The molecule has 2 rings (SSSR count). The molecule has 1 atom stereocenters. The minimum absolute atomic E-state index is 0.118. The first-order valence-corrected chi connectivity index (χ1v) is 7.71. The van der Waals surface area contributed by atoms with Gasteiger partial charge in [-0.1, -0.05) is 23.3 Å². The average molecular weight is 344 g/mol. The first-order valence-electron chi connectivity index (χ1n) is 7.71. The molecule has 132 valence electrons. The molecule has 1 heterocycles. The lowest BCUT2D eigenvalue weighted by Gasteiger charge is -2.19. The minimum Gasteiger partial charge on any atom is -0.469 e. The van der Waals surface area contributed by atoms with Crippen LogP contribution in [0.15, 0.2) is 35.6 Å². The third kappa shape index (κ3) is 4.30. The van der Waals surface area contributed by atoms with Crippen LogP contribution in [0.4, 0.5) is 4.79 Å². The number of fused-ring (bicyclic) bond motifs is 1. The number of methoxy groups -OCH3 is 1. The maximum atomic E-state index is 12.5. The molecule has 0 fully saturated rings. The van der Waals surface area contributed by atoms with Crippen molar-refractivity contribution in [2.45, 2.75) is 38.8 Å². The zero-order chi connectivity index (χ0) is 18.6. The Morgan fingerprint density at radius 3 is 2.60 bits per heavy atom. The molecular weight excluding hydrogens is 324 g/mol. The molecule has 0 unspecified atom stereocenters. The summed E-state index contributed by atoms with van der Waals surface area (Å²) in [4.78, 5) is 26.9. The second-order valence-electron chi connectivity index (χ2n) is 6.47. The van der Waals surface area contributed by atoms with E-state index in [9.17, 15) is 9.59 Å². The Balaban J connectivity index is 2.46. The third-order valence-electron chi connectivity index (χ3n) is 3.46. The second-order valence-corrected chi connectivity index (χ2v) is 6.47. The number of hydrogen-bond acceptors (Lipinski definition) is 5. The molecule has 0 radical (unpaired) electrons. The highest BCUT2D eigenvalue weighted by molar-refractivity contribution is 5.92. The van der Waals surface area contributed by atoms with Gasteiger partial charge in [-0.15, -0.1) is 0 Å². The van der Waals surface area contributed by atoms with E-state index in [1.165, 1.54) is 11.7 Å². The van der Waals surface area contributed by atoms with Crippen LogP contribution in [0, 0.1) is 0 Å². The molecule has 0 aliphatic rings. The lowest BCUT2D eigenvalue weighted by Crippen LogP contribution is -2.26. The number of ether oxygens (including phenoxy) is 2. The van der Waals surface area contributed by atoms with E-state index >= 15 is 0 Å². The number of benzene rings is 1. The molecule has 0 spiro atoms. The fraction of sp³-hybridized carbons (Fsp3) is 0.412. The molecule has 2 aromatic rings. The number of aromatic nitrogens is 1. The Kier molecular flexibility index (Phi) is 5.34. The van der Waals surface area contributed by atoms with Crippen LogP contribution < -0.4 is 0 Å². The molecule has 8 heteroatoms. The Labute approximate surface area is 145 Å². The minimum atomic E-state index is -1.01. The molecule has 0 N–H and O–H groups in total. The van der Waals surface area contributed by atoms with E-state index in [2.05, 4.69) is 14.8 Å². The first kappa shape index (κ1) is 18.4. The van der Waals surface area contributed by atoms with E-state index in [1.54, 1.807) is 39.1 Å². The summed E-state index contributed by atoms with van der Waals surface area (Å²) in [6, 6.07) is 6.23. The SMILES string of the molecule is COC(=O)[C@@H](Cc1cn(C(=O)OC(C)(C)C)c2ccccc12)N=[N+]=[N-]. The van der Waals surface area contributed by atoms with E-state index in [-0.39, 0.29) is 6.42 Å². The van der Waals surface area contributed by atoms with Gasteiger partial charge in [-0.2, -0.15) is 0 Å². The quantitative estimate of drug-likeness (QED) is 0.364. The van der Waals surface area contributed by atoms with Gasteiger partial charge in [0.15, 0.2) is 0 Å². The van der Waals surface area contributed by atoms with Crippen LogP contribution in [-0.2, 0) is 20.7 Å². The van der Waals surface area contributed by atoms with Gasteiger partial charge in [-0.3, -0.25) is 9.36 Å². The third-order valence-corrected chi connectivity index (χ3v) is 3.46. The summed E-state index contributed by atoms with van der Waals surface area (Å²) in [5.74, 6) is -0.633. The normalized spacial score (nSPS) is 12.3. The van der Waals surface area contributed by atoms with Crippen LogP contribution in [0.2, 0.25) is 0 Å². The van der Waals surface area contributed by atoms with E-state index in [0.717, 1.165) is 5.39 Å². The number of para-hydroxylation sites is 1. The van der Waals surface area contributed by atoms with Gasteiger partial charge < -0.3 is 9.47 Å². The first-order chi connectivity index (χ1) is 11.8. The van der Waals surface area contributed by atoms with Gasteiger partial charge in [-0.25, -0.2) is 4.79 Å². The molecule has 0 aliphatic heterocycles. The predicted molar refractivity (Wildman–Crippen MR) is 92.2 cm³/mol. The van der Waals surface area contributed by atoms with Crippen molar-refractivity contribution in [3.63, 3.8) is 0 Å². The van der Waals surface area contributed by atoms with Gasteiger partial charge >= 0.3 is 12.1 Å². The number of carbonyl (C=O) groups excluding carboxylic acids is 2. The van der Waals surface area contributed by atoms with Crippen molar-refractivity contribution in [1.29, 1.82) is 0 Å². The van der Waals surface area contributed by atoms with Crippen molar-refractivity contribution in [3.8, 4) is 0 Å². The molecule has 25 heavy (non-hydrogen) atoms. The van der Waals surface area contributed by atoms with Crippen molar-refractivity contribution >= 4 is 23.0 Å². The molecule has 1 aromatic heterocycles. The lowest BCUT2D eigenvalue weighted by molar-refractivity contribution is -0.142. The zero-order valence-corrected chi connectivity index (χ0v) is 14.6. The predicted octanol–water partition coefficient (Wildman–Crippen LogP) is 3.82. The van der Waals surface area contributed by atoms with E-state index in [1.807, 2.05) is 12.1 Å². The Hall–Kier alpha value is -2.99. The molecule has 0 saturated heterocycles. The standard InChI is InChI=1S/C17H20N4O4/c1-17(2,3)25-16(23)21-10-11(12-7-5-6-8-14(12)21)9-13(19-20-18)15(22)24-4/h5-8,10,13H,9H2,1-4H3/t13-/m1/s1. The number of carbonyl (C=O) groups is 2. The molecule has 1 aromatic carbocycles. The maximum Gasteiger partial charge on any atom is 0.419 e. The van der Waals surface area contributed by atoms with Crippen molar-refractivity contribution in [2.75, 3.05) is 7.11 Å². The van der Waals surface area contributed by atoms with Gasteiger partial charge in [0, 0.05) is 16.5 Å². The number of hydrogen-bond donors (Lipinski definition) is 0. The monoisotopic (exact) mass is 344 g/mol. The fourth-order valence-corrected chi connectivity index (χ4v) is 2.45. The summed E-state index contributed by atoms with van der Waals surface area (Å²) in [7, 11) is 1.23. The molecule has 8 nitrogen and oxygen atoms in total. The van der Waals surface area contributed by atoms with E-state index in [0.29, 0.717) is 11.1 Å². The van der Waals surface area contributed by atoms with Gasteiger partial charge in [0.1, 0.15) is 11.6 Å². The Morgan fingerprint density at radius 1 is 1.32 bits per heavy atom. The number of rotatable bonds is 4. The molecule has 0 bridgehead atoms. The van der Waals surface area contributed by atoms with Gasteiger partial charge in [-0.05, 0) is 44.4 Å². The highest BCUT2D eigenvalue weighted by Crippen LogP contribution is 2.24. The second kappa shape index (κ2) is 7.27. The van der Waals surface area contributed by atoms with E-state index < -0.39 is 23.7 Å². The summed E-state index contributed by atoms with van der Waals surface area (Å²) >= 11 is 0. The van der Waals surface area contributed by atoms with Crippen LogP contribution in [0.1, 0.15) is 26.3 Å². The van der Waals surface area contributed by atoms with Gasteiger partial charge in [0.2, 0.25) is 0 Å². The molecule has 0 aliphatic carbocycles. The van der Waals surface area contributed by atoms with Crippen molar-refractivity contribution < 1.29 is 19.1 Å². The fourth-order valence-electron chi connectivity index (χ4n) is 2.45. The molecular formula is C17H20N4O4.